The third-order valence-electron chi connectivity index (χ3n) is 11.7. The van der Waals surface area contributed by atoms with Crippen molar-refractivity contribution in [3.8, 4) is 5.75 Å². The minimum atomic E-state index is -5.77. The van der Waals surface area contributed by atoms with Crippen LogP contribution in [0.4, 0.5) is 30.7 Å². The normalized spacial score (nSPS) is 26.0. The van der Waals surface area contributed by atoms with Gasteiger partial charge in [0, 0.05) is 11.8 Å². The molecule has 1 aromatic carbocycles. The van der Waals surface area contributed by atoms with E-state index in [1.165, 1.54) is 32.1 Å². The van der Waals surface area contributed by atoms with Crippen molar-refractivity contribution >= 4 is 23.9 Å². The molecule has 0 amide bonds. The number of esters is 4. The van der Waals surface area contributed by atoms with Gasteiger partial charge in [0.05, 0.1) is 10.8 Å². The van der Waals surface area contributed by atoms with Crippen molar-refractivity contribution in [1.82, 2.24) is 0 Å². The van der Waals surface area contributed by atoms with Crippen molar-refractivity contribution in [2.24, 2.45) is 34.0 Å². The van der Waals surface area contributed by atoms with Crippen LogP contribution in [0.25, 0.3) is 0 Å². The van der Waals surface area contributed by atoms with Crippen molar-refractivity contribution in [3.63, 3.8) is 0 Å². The lowest BCUT2D eigenvalue weighted by atomic mass is 9.73. The second-order valence-corrected chi connectivity index (χ2v) is 16.2. The topological polar surface area (TPSA) is 105 Å². The molecule has 4 aliphatic rings. The molecule has 0 radical (unpaired) electrons. The zero-order valence-electron chi connectivity index (χ0n) is 30.7. The summed E-state index contributed by atoms with van der Waals surface area (Å²) in [6, 6.07) is 0. The van der Waals surface area contributed by atoms with Crippen molar-refractivity contribution < 1.29 is 68.9 Å². The van der Waals surface area contributed by atoms with Gasteiger partial charge in [0.1, 0.15) is 23.4 Å². The summed E-state index contributed by atoms with van der Waals surface area (Å²) >= 11 is 0. The van der Waals surface area contributed by atoms with Gasteiger partial charge in [0.2, 0.25) is 17.4 Å². The molecule has 52 heavy (non-hydrogen) atoms. The fourth-order valence-electron chi connectivity index (χ4n) is 7.40. The molecule has 15 heteroatoms. The van der Waals surface area contributed by atoms with Crippen LogP contribution in [0.5, 0.6) is 5.75 Å². The molecule has 8 nitrogen and oxygen atoms in total. The van der Waals surface area contributed by atoms with E-state index in [1.54, 1.807) is 20.8 Å². The molecular formula is C37H47F7O8. The maximum absolute atomic E-state index is 14.2. The van der Waals surface area contributed by atoms with Gasteiger partial charge < -0.3 is 18.9 Å². The van der Waals surface area contributed by atoms with Gasteiger partial charge in [-0.15, -0.1) is 0 Å². The average molecular weight is 753 g/mol. The van der Waals surface area contributed by atoms with Crippen LogP contribution in [0.3, 0.4) is 0 Å². The SMILES string of the molecule is CCC(C)(C)C(=O)OC(C)(C)C1CCCCC1.CCC(C)(C)C(=O)OC1C2CC3C1OC(=O)C3(C(=O)Oc1c(F)c(F)c(C(F)(F)F)c(F)c1F)C2. The summed E-state index contributed by atoms with van der Waals surface area (Å²) in [6.45, 7) is 15.2. The van der Waals surface area contributed by atoms with Crippen LogP contribution < -0.4 is 4.74 Å². The molecule has 0 N–H and O–H groups in total. The molecule has 3 saturated carbocycles. The highest BCUT2D eigenvalue weighted by atomic mass is 19.4. The van der Waals surface area contributed by atoms with Crippen LogP contribution in [-0.2, 0) is 39.6 Å². The first-order valence-corrected chi connectivity index (χ1v) is 17.7. The molecule has 4 fully saturated rings. The van der Waals surface area contributed by atoms with E-state index in [4.69, 9.17) is 14.2 Å². The minimum absolute atomic E-state index is 0.0458. The highest BCUT2D eigenvalue weighted by Gasteiger charge is 2.75. The van der Waals surface area contributed by atoms with Crippen LogP contribution in [0.15, 0.2) is 0 Å². The Hall–Kier alpha value is -3.39. The summed E-state index contributed by atoms with van der Waals surface area (Å²) in [7, 11) is 0. The fraction of sp³-hybridized carbons (Fsp3) is 0.730. The predicted molar refractivity (Wildman–Crippen MR) is 170 cm³/mol. The molecule has 3 aliphatic carbocycles. The quantitative estimate of drug-likeness (QED) is 0.0616. The number of halogens is 7. The number of benzene rings is 1. The van der Waals surface area contributed by atoms with Crippen molar-refractivity contribution in [2.45, 2.75) is 137 Å². The number of rotatable bonds is 9. The molecule has 0 spiro atoms. The Morgan fingerprint density at radius 3 is 1.83 bits per heavy atom. The van der Waals surface area contributed by atoms with Gasteiger partial charge >= 0.3 is 30.1 Å². The Morgan fingerprint density at radius 1 is 0.808 bits per heavy atom. The number of hydrogen-bond donors (Lipinski definition) is 0. The van der Waals surface area contributed by atoms with E-state index in [1.807, 2.05) is 20.8 Å². The molecule has 1 aromatic rings. The van der Waals surface area contributed by atoms with Gasteiger partial charge in [0.25, 0.3) is 0 Å². The third-order valence-corrected chi connectivity index (χ3v) is 11.7. The number of carbonyl (C=O) groups excluding carboxylic acids is 4. The van der Waals surface area contributed by atoms with Crippen LogP contribution >= 0.6 is 0 Å². The molecular weight excluding hydrogens is 705 g/mol. The van der Waals surface area contributed by atoms with E-state index in [0.29, 0.717) is 12.3 Å². The van der Waals surface area contributed by atoms with Crippen molar-refractivity contribution in [3.05, 3.63) is 28.8 Å². The maximum atomic E-state index is 14.2. The fourth-order valence-corrected chi connectivity index (χ4v) is 7.40. The second-order valence-electron chi connectivity index (χ2n) is 16.2. The summed E-state index contributed by atoms with van der Waals surface area (Å²) in [5.74, 6) is -17.2. The first-order valence-electron chi connectivity index (χ1n) is 17.7. The van der Waals surface area contributed by atoms with Crippen molar-refractivity contribution in [1.29, 1.82) is 0 Å². The van der Waals surface area contributed by atoms with E-state index in [-0.39, 0.29) is 29.8 Å². The third kappa shape index (κ3) is 7.38. The van der Waals surface area contributed by atoms with E-state index < -0.39 is 93.5 Å². The molecule has 2 bridgehead atoms. The summed E-state index contributed by atoms with van der Waals surface area (Å²) in [5, 5.41) is 0. The summed E-state index contributed by atoms with van der Waals surface area (Å²) in [6.07, 6.45) is -0.338. The maximum Gasteiger partial charge on any atom is 0.422 e. The zero-order valence-corrected chi connectivity index (χ0v) is 30.7. The van der Waals surface area contributed by atoms with Crippen LogP contribution in [-0.4, -0.2) is 41.7 Å². The Bertz CT molecular complexity index is 1550. The monoisotopic (exact) mass is 752 g/mol. The van der Waals surface area contributed by atoms with E-state index in [2.05, 4.69) is 18.6 Å². The first kappa shape index (κ1) is 41.4. The largest absolute Gasteiger partial charge is 0.459 e. The molecule has 5 atom stereocenters. The van der Waals surface area contributed by atoms with Crippen LogP contribution in [0, 0.1) is 57.3 Å². The van der Waals surface area contributed by atoms with Gasteiger partial charge in [-0.1, -0.05) is 33.1 Å². The van der Waals surface area contributed by atoms with E-state index in [9.17, 15) is 49.9 Å². The van der Waals surface area contributed by atoms with Gasteiger partial charge in [0.15, 0.2) is 17.0 Å². The summed E-state index contributed by atoms with van der Waals surface area (Å²) in [5.41, 5.74) is -6.44. The highest BCUT2D eigenvalue weighted by molar-refractivity contribution is 6.03. The molecule has 5 rings (SSSR count). The first-order chi connectivity index (χ1) is 23.9. The van der Waals surface area contributed by atoms with Gasteiger partial charge in [-0.25, -0.2) is 8.78 Å². The number of ether oxygens (including phenoxy) is 4. The molecule has 5 unspecified atom stereocenters. The Kier molecular flexibility index (Phi) is 11.5. The highest BCUT2D eigenvalue weighted by Crippen LogP contribution is 2.63. The average Bonchev–Trinajstić information content (AvgIpc) is 3.68. The number of alkyl halides is 3. The minimum Gasteiger partial charge on any atom is -0.459 e. The Labute approximate surface area is 298 Å². The van der Waals surface area contributed by atoms with Crippen LogP contribution in [0.2, 0.25) is 0 Å². The molecule has 1 saturated heterocycles. The lowest BCUT2D eigenvalue weighted by Gasteiger charge is -2.38. The molecule has 1 heterocycles. The van der Waals surface area contributed by atoms with Crippen molar-refractivity contribution in [2.75, 3.05) is 0 Å². The van der Waals surface area contributed by atoms with Gasteiger partial charge in [-0.05, 0) is 86.0 Å². The Morgan fingerprint density at radius 2 is 1.33 bits per heavy atom. The van der Waals surface area contributed by atoms with E-state index in [0.717, 1.165) is 6.42 Å². The second kappa shape index (κ2) is 14.4. The van der Waals surface area contributed by atoms with E-state index >= 15 is 0 Å². The zero-order chi connectivity index (χ0) is 39.4. The lowest BCUT2D eigenvalue weighted by molar-refractivity contribution is -0.174. The lowest BCUT2D eigenvalue weighted by Crippen LogP contribution is -2.47. The van der Waals surface area contributed by atoms with Crippen LogP contribution in [0.1, 0.15) is 119 Å². The molecule has 1 aliphatic heterocycles. The Balaban J connectivity index is 0.000000299. The number of fused-ring (bicyclic) bond motifs is 1. The standard InChI is InChI=1S/C22H19F7O6.C15H28O2/c1-4-20(2,3)17(30)33-14-7-5-8-15(14)34-18(31)21(8,6-7)19(32)35-16-12(25)10(23)9(22(27,28)29)11(24)13(16)26;1-6-14(2,3)13(16)17-15(4,5)12-10-8-7-9-11-12/h7-8,14-15H,4-6H2,1-3H3;12H,6-11H2,1-5H3. The summed E-state index contributed by atoms with van der Waals surface area (Å²) in [4.78, 5) is 50.2. The molecule has 0 aromatic heterocycles. The smallest absolute Gasteiger partial charge is 0.422 e. The predicted octanol–water partition coefficient (Wildman–Crippen LogP) is 8.79. The van der Waals surface area contributed by atoms with Gasteiger partial charge in [-0.3, -0.25) is 19.2 Å². The number of hydrogen-bond acceptors (Lipinski definition) is 8. The van der Waals surface area contributed by atoms with Gasteiger partial charge in [-0.2, -0.15) is 22.0 Å². The number of carbonyl (C=O) groups is 4. The molecule has 292 valence electrons. The summed E-state index contributed by atoms with van der Waals surface area (Å²) < 4.78 is 116.